The van der Waals surface area contributed by atoms with Crippen molar-refractivity contribution in [2.45, 2.75) is 19.4 Å². The normalized spacial score (nSPS) is 33.0. The van der Waals surface area contributed by atoms with Crippen molar-refractivity contribution in [1.82, 2.24) is 4.90 Å². The molecule has 7 atom stereocenters. The summed E-state index contributed by atoms with van der Waals surface area (Å²) < 4.78 is 5.08. The molecule has 1 aromatic carbocycles. The number of non-ortho nitro benzene ring substituents is 1. The Hall–Kier alpha value is -3.36. The molecule has 9 heteroatoms. The van der Waals surface area contributed by atoms with E-state index < -0.39 is 41.2 Å². The fourth-order valence-corrected chi connectivity index (χ4v) is 5.58. The third-order valence-electron chi connectivity index (χ3n) is 7.17. The number of nitro benzene ring substituents is 1. The first-order chi connectivity index (χ1) is 14.8. The lowest BCUT2D eigenvalue weighted by molar-refractivity contribution is -0.384. The quantitative estimate of drug-likeness (QED) is 0.170. The molecule has 3 fully saturated rings. The van der Waals surface area contributed by atoms with E-state index in [2.05, 4.69) is 12.2 Å². The predicted molar refractivity (Wildman–Crippen MR) is 104 cm³/mol. The number of carbonyl (C=O) groups is 4. The fourth-order valence-electron chi connectivity index (χ4n) is 5.58. The molecule has 4 aliphatic carbocycles. The zero-order chi connectivity index (χ0) is 22.0. The summed E-state index contributed by atoms with van der Waals surface area (Å²) >= 11 is 0. The molecule has 0 spiro atoms. The topological polar surface area (TPSA) is 124 Å². The number of benzene rings is 1. The Kier molecular flexibility index (Phi) is 4.32. The smallest absolute Gasteiger partial charge is 0.329 e. The van der Waals surface area contributed by atoms with Crippen molar-refractivity contribution in [3.8, 4) is 0 Å². The van der Waals surface area contributed by atoms with E-state index in [1.54, 1.807) is 0 Å². The molecule has 5 aliphatic rings. The van der Waals surface area contributed by atoms with Gasteiger partial charge in [-0.25, -0.2) is 4.79 Å². The van der Waals surface area contributed by atoms with Crippen molar-refractivity contribution < 1.29 is 28.8 Å². The lowest BCUT2D eigenvalue weighted by atomic mass is 9.63. The molecule has 1 aromatic rings. The van der Waals surface area contributed by atoms with Gasteiger partial charge < -0.3 is 4.74 Å². The number of nitro groups is 1. The molecule has 31 heavy (non-hydrogen) atoms. The Bertz CT molecular complexity index is 1010. The van der Waals surface area contributed by atoms with Crippen LogP contribution in [0.15, 0.2) is 36.4 Å². The number of imide groups is 1. The minimum absolute atomic E-state index is 0.0633. The van der Waals surface area contributed by atoms with Gasteiger partial charge in [0.15, 0.2) is 12.4 Å². The standard InChI is InChI=1S/C22H20N2O7/c1-10(22(28)31-9-17(25)11-2-4-12(5-3-11)24(29)30)23-20(26)18-13-6-7-14(16-8-15(13)16)19(18)21(23)27/h2-7,10,13-16,18-19H,8-9H2,1H3/t10-,13+,14+,15-,16+,18-,19-/m1/s1. The first-order valence-electron chi connectivity index (χ1n) is 10.3. The van der Waals surface area contributed by atoms with Crippen LogP contribution < -0.4 is 0 Å². The molecular formula is C22H20N2O7. The number of likely N-dealkylation sites (tertiary alicyclic amines) is 1. The van der Waals surface area contributed by atoms with Gasteiger partial charge in [-0.2, -0.15) is 0 Å². The number of carbonyl (C=O) groups excluding carboxylic acids is 4. The largest absolute Gasteiger partial charge is 0.456 e. The fraction of sp³-hybridized carbons (Fsp3) is 0.455. The summed E-state index contributed by atoms with van der Waals surface area (Å²) in [6.07, 6.45) is 5.17. The molecule has 9 nitrogen and oxygen atoms in total. The second-order valence-electron chi connectivity index (χ2n) is 8.71. The van der Waals surface area contributed by atoms with Gasteiger partial charge in [0.1, 0.15) is 6.04 Å². The highest BCUT2D eigenvalue weighted by Gasteiger charge is 2.67. The molecule has 1 aliphatic heterocycles. The Labute approximate surface area is 177 Å². The van der Waals surface area contributed by atoms with Gasteiger partial charge in [0.05, 0.1) is 16.8 Å². The third kappa shape index (κ3) is 2.90. The highest BCUT2D eigenvalue weighted by atomic mass is 16.6. The second-order valence-corrected chi connectivity index (χ2v) is 8.71. The summed E-state index contributed by atoms with van der Waals surface area (Å²) in [5, 5.41) is 10.7. The summed E-state index contributed by atoms with van der Waals surface area (Å²) in [4.78, 5) is 62.0. The highest BCUT2D eigenvalue weighted by Crippen LogP contribution is 2.65. The maximum Gasteiger partial charge on any atom is 0.329 e. The van der Waals surface area contributed by atoms with Crippen LogP contribution in [-0.2, 0) is 19.1 Å². The van der Waals surface area contributed by atoms with E-state index in [4.69, 9.17) is 4.74 Å². The monoisotopic (exact) mass is 424 g/mol. The zero-order valence-electron chi connectivity index (χ0n) is 16.7. The van der Waals surface area contributed by atoms with Crippen LogP contribution >= 0.6 is 0 Å². The molecule has 160 valence electrons. The van der Waals surface area contributed by atoms with Crippen LogP contribution in [0, 0.1) is 45.6 Å². The SMILES string of the molecule is C[C@H](C(=O)OCC(=O)c1ccc([N+](=O)[O-])cc1)N1C(=O)[C@@H]2[C@H]3C=C[C@@H]([C@@H]4C[C@H]34)[C@H]2C1=O. The van der Waals surface area contributed by atoms with Gasteiger partial charge in [-0.3, -0.25) is 29.4 Å². The number of rotatable bonds is 6. The lowest BCUT2D eigenvalue weighted by Crippen LogP contribution is -2.45. The van der Waals surface area contributed by atoms with Gasteiger partial charge in [0, 0.05) is 17.7 Å². The summed E-state index contributed by atoms with van der Waals surface area (Å²) in [5.41, 5.74) is 0.00283. The summed E-state index contributed by atoms with van der Waals surface area (Å²) in [6.45, 7) is 0.850. The van der Waals surface area contributed by atoms with E-state index in [-0.39, 0.29) is 34.9 Å². The van der Waals surface area contributed by atoms with Crippen molar-refractivity contribution in [3.63, 3.8) is 0 Å². The molecule has 0 radical (unpaired) electrons. The summed E-state index contributed by atoms with van der Waals surface area (Å²) in [6, 6.07) is 3.82. The third-order valence-corrected chi connectivity index (χ3v) is 7.17. The van der Waals surface area contributed by atoms with Gasteiger partial charge in [0.25, 0.3) is 5.69 Å². The average molecular weight is 424 g/mol. The van der Waals surface area contributed by atoms with E-state index in [0.29, 0.717) is 11.8 Å². The molecule has 0 aromatic heterocycles. The van der Waals surface area contributed by atoms with Gasteiger partial charge in [-0.15, -0.1) is 0 Å². The number of nitrogens with zero attached hydrogens (tertiary/aromatic N) is 2. The van der Waals surface area contributed by atoms with Crippen LogP contribution in [0.25, 0.3) is 0 Å². The number of ketones is 1. The molecule has 1 heterocycles. The number of ether oxygens (including phenoxy) is 1. The Balaban J connectivity index is 1.23. The van der Waals surface area contributed by atoms with Gasteiger partial charge in [0.2, 0.25) is 11.8 Å². The average Bonchev–Trinajstić information content (AvgIpc) is 3.55. The maximum atomic E-state index is 13.0. The van der Waals surface area contributed by atoms with Crippen LogP contribution in [0.2, 0.25) is 0 Å². The Morgan fingerprint density at radius 2 is 1.65 bits per heavy atom. The van der Waals surface area contributed by atoms with Gasteiger partial charge in [-0.1, -0.05) is 12.2 Å². The van der Waals surface area contributed by atoms with Crippen LogP contribution in [0.4, 0.5) is 5.69 Å². The molecule has 0 unspecified atom stereocenters. The Morgan fingerprint density at radius 3 is 2.16 bits per heavy atom. The molecular weight excluding hydrogens is 404 g/mol. The van der Waals surface area contributed by atoms with Crippen LogP contribution in [-0.4, -0.2) is 46.0 Å². The van der Waals surface area contributed by atoms with Gasteiger partial charge in [-0.05, 0) is 49.1 Å². The molecule has 2 saturated carbocycles. The van der Waals surface area contributed by atoms with Crippen molar-refractivity contribution in [2.24, 2.45) is 35.5 Å². The predicted octanol–water partition coefficient (Wildman–Crippen LogP) is 1.76. The Morgan fingerprint density at radius 1 is 1.10 bits per heavy atom. The van der Waals surface area contributed by atoms with E-state index in [1.807, 2.05) is 0 Å². The number of hydrogen-bond acceptors (Lipinski definition) is 7. The van der Waals surface area contributed by atoms with E-state index in [1.165, 1.54) is 31.2 Å². The van der Waals surface area contributed by atoms with E-state index in [9.17, 15) is 29.3 Å². The van der Waals surface area contributed by atoms with E-state index in [0.717, 1.165) is 11.3 Å². The number of allylic oxidation sites excluding steroid dienone is 2. The second kappa shape index (κ2) is 6.83. The number of Topliss-reactive ketones (excluding diaryl/α,β-unsaturated/α-hetero) is 1. The molecule has 2 bridgehead atoms. The van der Waals surface area contributed by atoms with Crippen molar-refractivity contribution in [3.05, 3.63) is 52.1 Å². The zero-order valence-corrected chi connectivity index (χ0v) is 16.7. The summed E-state index contributed by atoms with van der Waals surface area (Å²) in [7, 11) is 0. The lowest BCUT2D eigenvalue weighted by Gasteiger charge is -2.37. The van der Waals surface area contributed by atoms with Crippen molar-refractivity contribution in [2.75, 3.05) is 6.61 Å². The van der Waals surface area contributed by atoms with Crippen LogP contribution in [0.5, 0.6) is 0 Å². The minimum atomic E-state index is -1.12. The number of amides is 2. The number of esters is 1. The first-order valence-corrected chi connectivity index (χ1v) is 10.3. The van der Waals surface area contributed by atoms with Crippen LogP contribution in [0.1, 0.15) is 23.7 Å². The maximum absolute atomic E-state index is 13.0. The highest BCUT2D eigenvalue weighted by molar-refractivity contribution is 6.09. The van der Waals surface area contributed by atoms with E-state index >= 15 is 0 Å². The van der Waals surface area contributed by atoms with Gasteiger partial charge >= 0.3 is 5.97 Å². The van der Waals surface area contributed by atoms with Crippen LogP contribution in [0.3, 0.4) is 0 Å². The molecule has 0 N–H and O–H groups in total. The molecule has 1 saturated heterocycles. The minimum Gasteiger partial charge on any atom is -0.456 e. The van der Waals surface area contributed by atoms with Crippen molar-refractivity contribution in [1.29, 1.82) is 0 Å². The summed E-state index contributed by atoms with van der Waals surface area (Å²) in [5.74, 6) is -1.76. The van der Waals surface area contributed by atoms with Crippen molar-refractivity contribution >= 4 is 29.3 Å². The number of hydrogen-bond donors (Lipinski definition) is 0. The molecule has 2 amide bonds. The molecule has 6 rings (SSSR count). The first kappa shape index (κ1) is 19.6.